The molecule has 148 valence electrons. The minimum Gasteiger partial charge on any atom is -0.378 e. The van der Waals surface area contributed by atoms with Gasteiger partial charge in [-0.3, -0.25) is 9.79 Å². The fraction of sp³-hybridized carbons (Fsp3) is 0.900. The molecule has 6 heteroatoms. The lowest BCUT2D eigenvalue weighted by molar-refractivity contribution is -0.126. The first kappa shape index (κ1) is 19.5. The van der Waals surface area contributed by atoms with Crippen LogP contribution in [0.2, 0.25) is 0 Å². The van der Waals surface area contributed by atoms with Crippen LogP contribution < -0.4 is 11.1 Å². The second-order valence-corrected chi connectivity index (χ2v) is 8.24. The maximum absolute atomic E-state index is 11.3. The summed E-state index contributed by atoms with van der Waals surface area (Å²) in [4.78, 5) is 18.4. The number of nitrogens with two attached hydrogens (primary N) is 1. The van der Waals surface area contributed by atoms with E-state index in [0.29, 0.717) is 29.9 Å². The quantitative estimate of drug-likeness (QED) is 0.560. The summed E-state index contributed by atoms with van der Waals surface area (Å²) < 4.78 is 6.05. The fourth-order valence-corrected chi connectivity index (χ4v) is 5.34. The molecule has 1 spiro atoms. The number of rotatable bonds is 6. The number of hydrogen-bond donors (Lipinski definition) is 2. The van der Waals surface area contributed by atoms with Gasteiger partial charge in [0, 0.05) is 44.1 Å². The summed E-state index contributed by atoms with van der Waals surface area (Å²) in [6.45, 7) is 7.64. The smallest absolute Gasteiger partial charge is 0.217 e. The van der Waals surface area contributed by atoms with Gasteiger partial charge in [0.1, 0.15) is 0 Å². The van der Waals surface area contributed by atoms with Crippen molar-refractivity contribution in [3.63, 3.8) is 0 Å². The number of primary amides is 1. The number of carbonyl (C=O) groups is 1. The third-order valence-electron chi connectivity index (χ3n) is 6.61. The van der Waals surface area contributed by atoms with Crippen LogP contribution in [0, 0.1) is 11.3 Å². The molecule has 0 aromatic heterocycles. The molecule has 0 aromatic carbocycles. The van der Waals surface area contributed by atoms with Crippen molar-refractivity contribution in [1.29, 1.82) is 0 Å². The number of likely N-dealkylation sites (tertiary alicyclic amines) is 1. The number of nitrogens with zero attached hydrogens (tertiary/aromatic N) is 2. The van der Waals surface area contributed by atoms with Gasteiger partial charge in [0.2, 0.25) is 5.91 Å². The minimum atomic E-state index is -0.192. The Morgan fingerprint density at radius 1 is 1.31 bits per heavy atom. The number of amides is 1. The van der Waals surface area contributed by atoms with Crippen LogP contribution in [0.1, 0.15) is 65.2 Å². The molecule has 0 radical (unpaired) electrons. The van der Waals surface area contributed by atoms with E-state index in [1.165, 1.54) is 25.7 Å². The Labute approximate surface area is 157 Å². The Morgan fingerprint density at radius 2 is 2.08 bits per heavy atom. The highest BCUT2D eigenvalue weighted by atomic mass is 16.5. The molecule has 0 bridgehead atoms. The first-order valence-electron chi connectivity index (χ1n) is 10.5. The Balaban J connectivity index is 1.65. The van der Waals surface area contributed by atoms with Gasteiger partial charge >= 0.3 is 0 Å². The third kappa shape index (κ3) is 4.00. The maximum Gasteiger partial charge on any atom is 0.217 e. The molecule has 1 amide bonds. The van der Waals surface area contributed by atoms with E-state index >= 15 is 0 Å². The highest BCUT2D eigenvalue weighted by molar-refractivity contribution is 5.81. The Morgan fingerprint density at radius 3 is 2.73 bits per heavy atom. The molecule has 6 nitrogen and oxygen atoms in total. The highest BCUT2D eigenvalue weighted by Gasteiger charge is 2.57. The van der Waals surface area contributed by atoms with Crippen LogP contribution in [-0.2, 0) is 9.53 Å². The summed E-state index contributed by atoms with van der Waals surface area (Å²) in [5.41, 5.74) is 5.72. The average Bonchev–Trinajstić information content (AvgIpc) is 3.12. The van der Waals surface area contributed by atoms with Crippen LogP contribution in [0.3, 0.4) is 0 Å². The largest absolute Gasteiger partial charge is 0.378 e. The zero-order chi connectivity index (χ0) is 18.6. The summed E-state index contributed by atoms with van der Waals surface area (Å²) >= 11 is 0. The monoisotopic (exact) mass is 364 g/mol. The third-order valence-corrected chi connectivity index (χ3v) is 6.61. The van der Waals surface area contributed by atoms with E-state index in [0.717, 1.165) is 51.5 Å². The first-order chi connectivity index (χ1) is 12.6. The van der Waals surface area contributed by atoms with Crippen LogP contribution in [-0.4, -0.2) is 55.2 Å². The fourth-order valence-electron chi connectivity index (χ4n) is 5.34. The van der Waals surface area contributed by atoms with Crippen molar-refractivity contribution < 1.29 is 9.53 Å². The number of hydrogen-bond acceptors (Lipinski definition) is 3. The molecule has 1 heterocycles. The molecule has 2 saturated carbocycles. The van der Waals surface area contributed by atoms with Crippen molar-refractivity contribution in [3.8, 4) is 0 Å². The molecule has 3 fully saturated rings. The summed E-state index contributed by atoms with van der Waals surface area (Å²) in [6, 6.07) is 0.461. The van der Waals surface area contributed by atoms with Crippen molar-refractivity contribution in [2.45, 2.75) is 77.4 Å². The van der Waals surface area contributed by atoms with Crippen molar-refractivity contribution >= 4 is 11.9 Å². The number of aliphatic imine (C=N–C) groups is 1. The average molecular weight is 365 g/mol. The maximum atomic E-state index is 11.3. The zero-order valence-electron chi connectivity index (χ0n) is 16.5. The molecule has 1 saturated heterocycles. The number of ether oxygens (including phenoxy) is 1. The molecular formula is C20H36N4O2. The van der Waals surface area contributed by atoms with E-state index < -0.39 is 0 Å². The van der Waals surface area contributed by atoms with Gasteiger partial charge in [0.25, 0.3) is 0 Å². The van der Waals surface area contributed by atoms with Gasteiger partial charge in [-0.2, -0.15) is 0 Å². The topological polar surface area (TPSA) is 80.0 Å². The number of carbonyl (C=O) groups excluding carboxylic acids is 1. The van der Waals surface area contributed by atoms with E-state index in [9.17, 15) is 4.79 Å². The van der Waals surface area contributed by atoms with Crippen molar-refractivity contribution in [2.24, 2.45) is 22.1 Å². The molecule has 0 aromatic rings. The van der Waals surface area contributed by atoms with Gasteiger partial charge in [0.15, 0.2) is 5.96 Å². The van der Waals surface area contributed by atoms with E-state index in [2.05, 4.69) is 24.1 Å². The van der Waals surface area contributed by atoms with Gasteiger partial charge in [-0.25, -0.2) is 0 Å². The molecule has 26 heavy (non-hydrogen) atoms. The van der Waals surface area contributed by atoms with Gasteiger partial charge in [-0.1, -0.05) is 12.8 Å². The van der Waals surface area contributed by atoms with E-state index in [-0.39, 0.29) is 5.91 Å². The second-order valence-electron chi connectivity index (χ2n) is 8.24. The lowest BCUT2D eigenvalue weighted by Gasteiger charge is -2.55. The zero-order valence-corrected chi connectivity index (χ0v) is 16.5. The SMILES string of the molecule is CCN=C(NC1CC(OCC)C12CCCC2)N1CCCC(CC(N)=O)C1. The minimum absolute atomic E-state index is 0.192. The van der Waals surface area contributed by atoms with Crippen LogP contribution >= 0.6 is 0 Å². The normalized spacial score (nSPS) is 31.1. The van der Waals surface area contributed by atoms with Crippen molar-refractivity contribution in [1.82, 2.24) is 10.2 Å². The lowest BCUT2D eigenvalue weighted by atomic mass is 9.60. The van der Waals surface area contributed by atoms with E-state index in [4.69, 9.17) is 15.5 Å². The Bertz CT molecular complexity index is 516. The Kier molecular flexibility index (Phi) is 6.43. The van der Waals surface area contributed by atoms with Crippen molar-refractivity contribution in [3.05, 3.63) is 0 Å². The summed E-state index contributed by atoms with van der Waals surface area (Å²) in [5, 5.41) is 3.80. The Hall–Kier alpha value is -1.30. The van der Waals surface area contributed by atoms with Crippen molar-refractivity contribution in [2.75, 3.05) is 26.2 Å². The lowest BCUT2D eigenvalue weighted by Crippen LogP contribution is -2.65. The predicted octanol–water partition coefficient (Wildman–Crippen LogP) is 2.28. The molecule has 3 unspecified atom stereocenters. The van der Waals surface area contributed by atoms with E-state index in [1.54, 1.807) is 0 Å². The highest BCUT2D eigenvalue weighted by Crippen LogP contribution is 2.54. The summed E-state index contributed by atoms with van der Waals surface area (Å²) in [7, 11) is 0. The van der Waals surface area contributed by atoms with Gasteiger partial charge in [-0.05, 0) is 51.9 Å². The van der Waals surface area contributed by atoms with Crippen LogP contribution in [0.5, 0.6) is 0 Å². The predicted molar refractivity (Wildman–Crippen MR) is 104 cm³/mol. The van der Waals surface area contributed by atoms with Gasteiger partial charge in [0.05, 0.1) is 6.10 Å². The van der Waals surface area contributed by atoms with Crippen LogP contribution in [0.25, 0.3) is 0 Å². The standard InChI is InChI=1S/C20H36N4O2/c1-3-22-19(24-11-7-8-15(14-24)12-18(21)25)23-16-13-17(26-4-2)20(16)9-5-6-10-20/h15-17H,3-14H2,1-2H3,(H2,21,25)(H,22,23). The van der Waals surface area contributed by atoms with Gasteiger partial charge in [-0.15, -0.1) is 0 Å². The number of nitrogens with one attached hydrogen (secondary N) is 1. The van der Waals surface area contributed by atoms with Crippen LogP contribution in [0.15, 0.2) is 4.99 Å². The van der Waals surface area contributed by atoms with E-state index in [1.807, 2.05) is 0 Å². The number of piperidine rings is 1. The second kappa shape index (κ2) is 8.59. The molecule has 2 aliphatic carbocycles. The van der Waals surface area contributed by atoms with Crippen LogP contribution in [0.4, 0.5) is 0 Å². The first-order valence-corrected chi connectivity index (χ1v) is 10.5. The summed E-state index contributed by atoms with van der Waals surface area (Å²) in [6.07, 6.45) is 9.29. The molecule has 3 atom stereocenters. The molecule has 3 aliphatic rings. The molecule has 3 rings (SSSR count). The molecule has 3 N–H and O–H groups in total. The molecule has 1 aliphatic heterocycles. The summed E-state index contributed by atoms with van der Waals surface area (Å²) in [5.74, 6) is 1.18. The molecular weight excluding hydrogens is 328 g/mol. The van der Waals surface area contributed by atoms with Gasteiger partial charge < -0.3 is 20.7 Å². The number of guanidine groups is 1.